The van der Waals surface area contributed by atoms with Crippen molar-refractivity contribution < 1.29 is 0 Å². The summed E-state index contributed by atoms with van der Waals surface area (Å²) in [6, 6.07) is 1.55. The highest BCUT2D eigenvalue weighted by Crippen LogP contribution is 2.23. The average Bonchev–Trinajstić information content (AvgIpc) is 3.10. The summed E-state index contributed by atoms with van der Waals surface area (Å²) in [4.78, 5) is 5.25. The van der Waals surface area contributed by atoms with Crippen LogP contribution in [0.15, 0.2) is 0 Å². The molecule has 1 saturated heterocycles. The Labute approximate surface area is 113 Å². The second-order valence-electron chi connectivity index (χ2n) is 7.03. The van der Waals surface area contributed by atoms with Gasteiger partial charge in [-0.25, -0.2) is 0 Å². The molecule has 2 aliphatic rings. The van der Waals surface area contributed by atoms with Crippen molar-refractivity contribution in [2.75, 3.05) is 39.3 Å². The molecule has 1 aliphatic carbocycles. The van der Waals surface area contributed by atoms with Crippen LogP contribution in [-0.2, 0) is 0 Å². The van der Waals surface area contributed by atoms with Gasteiger partial charge in [0.25, 0.3) is 0 Å². The molecule has 0 aromatic rings. The molecule has 3 heteroatoms. The molecule has 2 fully saturated rings. The molecule has 0 bridgehead atoms. The fourth-order valence-electron chi connectivity index (χ4n) is 3.05. The second-order valence-corrected chi connectivity index (χ2v) is 7.03. The number of likely N-dealkylation sites (N-methyl/N-ethyl adjacent to an activating group) is 1. The first-order valence-corrected chi connectivity index (χ1v) is 7.70. The van der Waals surface area contributed by atoms with E-state index in [2.05, 4.69) is 42.8 Å². The Morgan fingerprint density at radius 3 is 2.50 bits per heavy atom. The van der Waals surface area contributed by atoms with E-state index in [1.807, 2.05) is 0 Å². The number of hydrogen-bond acceptors (Lipinski definition) is 3. The van der Waals surface area contributed by atoms with Gasteiger partial charge in [-0.05, 0) is 31.7 Å². The highest BCUT2D eigenvalue weighted by molar-refractivity contribution is 4.87. The first-order valence-electron chi connectivity index (χ1n) is 7.70. The van der Waals surface area contributed by atoms with Gasteiger partial charge in [-0.15, -0.1) is 0 Å². The van der Waals surface area contributed by atoms with E-state index in [1.54, 1.807) is 0 Å². The minimum atomic E-state index is 0.399. The van der Waals surface area contributed by atoms with E-state index in [4.69, 9.17) is 0 Å². The van der Waals surface area contributed by atoms with Crippen LogP contribution in [0.2, 0.25) is 0 Å². The van der Waals surface area contributed by atoms with E-state index in [9.17, 15) is 0 Å². The lowest BCUT2D eigenvalue weighted by Gasteiger charge is -2.42. The van der Waals surface area contributed by atoms with Crippen molar-refractivity contribution in [1.82, 2.24) is 15.1 Å². The van der Waals surface area contributed by atoms with Gasteiger partial charge in [0.2, 0.25) is 0 Å². The van der Waals surface area contributed by atoms with E-state index in [0.717, 1.165) is 12.1 Å². The summed E-state index contributed by atoms with van der Waals surface area (Å²) in [5, 5.41) is 3.68. The van der Waals surface area contributed by atoms with Gasteiger partial charge in [-0.2, -0.15) is 0 Å². The zero-order chi connectivity index (χ0) is 13.2. The standard InChI is InChI=1S/C15H31N3/c1-5-18-9-8-17(10-13(18)2)12-15(3,4)11-16-14-6-7-14/h13-14,16H,5-12H2,1-4H3. The fourth-order valence-corrected chi connectivity index (χ4v) is 3.05. The Bertz CT molecular complexity index is 260. The monoisotopic (exact) mass is 253 g/mol. The predicted octanol–water partition coefficient (Wildman–Crippen LogP) is 1.79. The quantitative estimate of drug-likeness (QED) is 0.778. The van der Waals surface area contributed by atoms with Gasteiger partial charge in [0.05, 0.1) is 0 Å². The van der Waals surface area contributed by atoms with Gasteiger partial charge in [-0.3, -0.25) is 9.80 Å². The van der Waals surface area contributed by atoms with E-state index < -0.39 is 0 Å². The molecule has 0 aromatic heterocycles. The third kappa shape index (κ3) is 4.22. The zero-order valence-electron chi connectivity index (χ0n) is 12.7. The Morgan fingerprint density at radius 2 is 1.94 bits per heavy atom. The molecule has 1 heterocycles. The minimum absolute atomic E-state index is 0.399. The van der Waals surface area contributed by atoms with E-state index >= 15 is 0 Å². The molecule has 1 saturated carbocycles. The SMILES string of the molecule is CCN1CCN(CC(C)(C)CNC2CC2)CC1C. The predicted molar refractivity (Wildman–Crippen MR) is 78.0 cm³/mol. The highest BCUT2D eigenvalue weighted by Gasteiger charge is 2.29. The van der Waals surface area contributed by atoms with Crippen LogP contribution < -0.4 is 5.32 Å². The van der Waals surface area contributed by atoms with Crippen molar-refractivity contribution in [3.05, 3.63) is 0 Å². The van der Waals surface area contributed by atoms with Crippen LogP contribution in [0.1, 0.15) is 40.5 Å². The summed E-state index contributed by atoms with van der Waals surface area (Å²) >= 11 is 0. The van der Waals surface area contributed by atoms with Crippen LogP contribution in [0.25, 0.3) is 0 Å². The van der Waals surface area contributed by atoms with Crippen molar-refractivity contribution >= 4 is 0 Å². The molecule has 106 valence electrons. The molecule has 1 aliphatic heterocycles. The van der Waals surface area contributed by atoms with E-state index in [1.165, 1.54) is 52.1 Å². The Kier molecular flexibility index (Phi) is 4.68. The molecule has 0 amide bonds. The van der Waals surface area contributed by atoms with Gasteiger partial charge in [0.1, 0.15) is 0 Å². The first kappa shape index (κ1) is 14.3. The minimum Gasteiger partial charge on any atom is -0.313 e. The molecule has 0 radical (unpaired) electrons. The van der Waals surface area contributed by atoms with Crippen LogP contribution >= 0.6 is 0 Å². The number of nitrogens with one attached hydrogen (secondary N) is 1. The second kappa shape index (κ2) is 5.89. The maximum absolute atomic E-state index is 3.68. The molecule has 1 atom stereocenters. The van der Waals surface area contributed by atoms with Gasteiger partial charge >= 0.3 is 0 Å². The molecule has 0 aromatic carbocycles. The summed E-state index contributed by atoms with van der Waals surface area (Å²) in [6.45, 7) is 16.8. The molecular formula is C15H31N3. The van der Waals surface area contributed by atoms with Gasteiger partial charge in [0, 0.05) is 44.8 Å². The van der Waals surface area contributed by atoms with Gasteiger partial charge < -0.3 is 5.32 Å². The first-order chi connectivity index (χ1) is 8.50. The van der Waals surface area contributed by atoms with Gasteiger partial charge in [-0.1, -0.05) is 20.8 Å². The van der Waals surface area contributed by atoms with Crippen LogP contribution in [0.5, 0.6) is 0 Å². The van der Waals surface area contributed by atoms with Crippen molar-refractivity contribution in [1.29, 1.82) is 0 Å². The lowest BCUT2D eigenvalue weighted by Crippen LogP contribution is -2.54. The summed E-state index contributed by atoms with van der Waals surface area (Å²) in [5.74, 6) is 0. The smallest absolute Gasteiger partial charge is 0.0195 e. The Morgan fingerprint density at radius 1 is 1.22 bits per heavy atom. The van der Waals surface area contributed by atoms with Crippen molar-refractivity contribution in [3.63, 3.8) is 0 Å². The maximum Gasteiger partial charge on any atom is 0.0195 e. The third-order valence-corrected chi connectivity index (χ3v) is 4.35. The Balaban J connectivity index is 1.74. The maximum atomic E-state index is 3.68. The van der Waals surface area contributed by atoms with E-state index in [-0.39, 0.29) is 0 Å². The van der Waals surface area contributed by atoms with Crippen LogP contribution in [0.3, 0.4) is 0 Å². The third-order valence-electron chi connectivity index (χ3n) is 4.35. The lowest BCUT2D eigenvalue weighted by atomic mass is 9.92. The van der Waals surface area contributed by atoms with Crippen molar-refractivity contribution in [2.24, 2.45) is 5.41 Å². The molecule has 1 unspecified atom stereocenters. The molecule has 2 rings (SSSR count). The van der Waals surface area contributed by atoms with Crippen LogP contribution in [-0.4, -0.2) is 61.2 Å². The summed E-state index contributed by atoms with van der Waals surface area (Å²) in [6.07, 6.45) is 2.78. The summed E-state index contributed by atoms with van der Waals surface area (Å²) in [7, 11) is 0. The zero-order valence-corrected chi connectivity index (χ0v) is 12.7. The summed E-state index contributed by atoms with van der Waals surface area (Å²) in [5.41, 5.74) is 0.399. The van der Waals surface area contributed by atoms with Crippen molar-refractivity contribution in [2.45, 2.75) is 52.6 Å². The molecule has 1 N–H and O–H groups in total. The number of hydrogen-bond donors (Lipinski definition) is 1. The molecule has 0 spiro atoms. The molecule has 18 heavy (non-hydrogen) atoms. The highest BCUT2D eigenvalue weighted by atomic mass is 15.3. The molecular weight excluding hydrogens is 222 g/mol. The Hall–Kier alpha value is -0.120. The normalized spacial score (nSPS) is 27.7. The number of rotatable bonds is 6. The number of piperazine rings is 1. The topological polar surface area (TPSA) is 18.5 Å². The van der Waals surface area contributed by atoms with E-state index in [0.29, 0.717) is 5.41 Å². The summed E-state index contributed by atoms with van der Waals surface area (Å²) < 4.78 is 0. The average molecular weight is 253 g/mol. The van der Waals surface area contributed by atoms with Crippen LogP contribution in [0.4, 0.5) is 0 Å². The van der Waals surface area contributed by atoms with Crippen molar-refractivity contribution in [3.8, 4) is 0 Å². The lowest BCUT2D eigenvalue weighted by molar-refractivity contribution is 0.0621. The fraction of sp³-hybridized carbons (Fsp3) is 1.00. The largest absolute Gasteiger partial charge is 0.313 e. The van der Waals surface area contributed by atoms with Crippen LogP contribution in [0, 0.1) is 5.41 Å². The molecule has 3 nitrogen and oxygen atoms in total. The van der Waals surface area contributed by atoms with Gasteiger partial charge in [0.15, 0.2) is 0 Å². The number of nitrogens with zero attached hydrogens (tertiary/aromatic N) is 2.